The van der Waals surface area contributed by atoms with Crippen LogP contribution in [0.1, 0.15) is 29.3 Å². The van der Waals surface area contributed by atoms with Crippen LogP contribution >= 0.6 is 11.6 Å². The lowest BCUT2D eigenvalue weighted by atomic mass is 10.1. The molecule has 2 N–H and O–H groups in total. The molecule has 0 radical (unpaired) electrons. The monoisotopic (exact) mass is 250 g/mol. The number of aromatic nitrogens is 1. The predicted octanol–water partition coefficient (Wildman–Crippen LogP) is 2.43. The maximum atomic E-state index is 12.7. The van der Waals surface area contributed by atoms with E-state index in [4.69, 9.17) is 17.3 Å². The van der Waals surface area contributed by atoms with E-state index in [1.807, 2.05) is 0 Å². The zero-order chi connectivity index (χ0) is 12.3. The van der Waals surface area contributed by atoms with Gasteiger partial charge in [-0.1, -0.05) is 11.6 Å². The summed E-state index contributed by atoms with van der Waals surface area (Å²) in [5.74, 6) is -0.895. The van der Waals surface area contributed by atoms with Gasteiger partial charge in [0.05, 0.1) is 23.4 Å². The van der Waals surface area contributed by atoms with Gasteiger partial charge >= 0.3 is 5.97 Å². The van der Waals surface area contributed by atoms with Crippen molar-refractivity contribution in [1.82, 2.24) is 4.98 Å². The van der Waals surface area contributed by atoms with E-state index in [1.165, 1.54) is 0 Å². The summed E-state index contributed by atoms with van der Waals surface area (Å²) in [6.07, 6.45) is -1.99. The number of nitrogens with zero attached hydrogens (tertiary/aromatic N) is 1. The smallest absolute Gasteiger partial charge is 0.340 e. The van der Waals surface area contributed by atoms with Crippen LogP contribution in [0.3, 0.4) is 0 Å². The van der Waals surface area contributed by atoms with Crippen LogP contribution in [0.5, 0.6) is 0 Å². The van der Waals surface area contributed by atoms with Gasteiger partial charge in [-0.05, 0) is 6.92 Å². The summed E-state index contributed by atoms with van der Waals surface area (Å²) in [5, 5.41) is -0.261. The van der Waals surface area contributed by atoms with Crippen molar-refractivity contribution in [2.45, 2.75) is 13.3 Å². The SMILES string of the molecule is CCOC(=O)c1cnc(Cl)c(N)c1C(F)F. The lowest BCUT2D eigenvalue weighted by molar-refractivity contribution is 0.0515. The van der Waals surface area contributed by atoms with Gasteiger partial charge in [0.15, 0.2) is 5.15 Å². The van der Waals surface area contributed by atoms with Gasteiger partial charge in [0.25, 0.3) is 6.43 Å². The Bertz CT molecular complexity index is 413. The summed E-state index contributed by atoms with van der Waals surface area (Å²) in [5.41, 5.74) is 3.93. The van der Waals surface area contributed by atoms with E-state index in [0.29, 0.717) is 0 Å². The van der Waals surface area contributed by atoms with Gasteiger partial charge in [-0.25, -0.2) is 18.6 Å². The average molecular weight is 251 g/mol. The van der Waals surface area contributed by atoms with Crippen molar-refractivity contribution in [3.05, 3.63) is 22.5 Å². The van der Waals surface area contributed by atoms with Crippen molar-refractivity contribution in [3.63, 3.8) is 0 Å². The number of nitrogen functional groups attached to an aromatic ring is 1. The first-order valence-electron chi connectivity index (χ1n) is 4.38. The number of carbonyl (C=O) groups excluding carboxylic acids is 1. The molecule has 0 atom stereocenters. The van der Waals surface area contributed by atoms with Crippen LogP contribution in [-0.2, 0) is 4.74 Å². The van der Waals surface area contributed by atoms with Crippen molar-refractivity contribution < 1.29 is 18.3 Å². The van der Waals surface area contributed by atoms with E-state index in [9.17, 15) is 13.6 Å². The summed E-state index contributed by atoms with van der Waals surface area (Å²) < 4.78 is 30.0. The molecule has 0 aliphatic carbocycles. The molecule has 1 aromatic heterocycles. The molecule has 1 rings (SSSR count). The first-order chi connectivity index (χ1) is 7.49. The second-order valence-corrected chi connectivity index (χ2v) is 3.17. The Balaban J connectivity index is 3.28. The van der Waals surface area contributed by atoms with Crippen molar-refractivity contribution in [2.24, 2.45) is 0 Å². The molecule has 0 unspecified atom stereocenters. The van der Waals surface area contributed by atoms with Crippen LogP contribution in [-0.4, -0.2) is 17.6 Å². The van der Waals surface area contributed by atoms with E-state index >= 15 is 0 Å². The van der Waals surface area contributed by atoms with Crippen molar-refractivity contribution in [1.29, 1.82) is 0 Å². The Labute approximate surface area is 95.4 Å². The summed E-state index contributed by atoms with van der Waals surface area (Å²) in [6.45, 7) is 1.64. The molecule has 0 aliphatic heterocycles. The number of rotatable bonds is 3. The van der Waals surface area contributed by atoms with E-state index in [-0.39, 0.29) is 17.3 Å². The Morgan fingerprint density at radius 1 is 1.69 bits per heavy atom. The Hall–Kier alpha value is -1.43. The van der Waals surface area contributed by atoms with Gasteiger partial charge in [-0.3, -0.25) is 0 Å². The van der Waals surface area contributed by atoms with Crippen LogP contribution in [0.2, 0.25) is 5.15 Å². The molecule has 0 fully saturated rings. The van der Waals surface area contributed by atoms with Gasteiger partial charge in [-0.2, -0.15) is 0 Å². The highest BCUT2D eigenvalue weighted by atomic mass is 35.5. The topological polar surface area (TPSA) is 65.2 Å². The maximum absolute atomic E-state index is 12.7. The Morgan fingerprint density at radius 2 is 2.31 bits per heavy atom. The molecule has 0 amide bonds. The van der Waals surface area contributed by atoms with Crippen LogP contribution < -0.4 is 5.73 Å². The van der Waals surface area contributed by atoms with Crippen LogP contribution in [0.25, 0.3) is 0 Å². The molecule has 0 saturated heterocycles. The third kappa shape index (κ3) is 2.38. The maximum Gasteiger partial charge on any atom is 0.340 e. The minimum Gasteiger partial charge on any atom is -0.462 e. The first kappa shape index (κ1) is 12.6. The molecule has 88 valence electrons. The molecule has 16 heavy (non-hydrogen) atoms. The Morgan fingerprint density at radius 3 is 2.81 bits per heavy atom. The van der Waals surface area contributed by atoms with Gasteiger partial charge < -0.3 is 10.5 Å². The molecule has 0 saturated carbocycles. The number of pyridine rings is 1. The van der Waals surface area contributed by atoms with E-state index in [2.05, 4.69) is 9.72 Å². The zero-order valence-corrected chi connectivity index (χ0v) is 9.09. The molecule has 1 aromatic rings. The second kappa shape index (κ2) is 5.07. The highest BCUT2D eigenvalue weighted by Crippen LogP contribution is 2.32. The number of nitrogens with two attached hydrogens (primary N) is 1. The Kier molecular flexibility index (Phi) is 4.00. The number of halogens is 3. The number of esters is 1. The number of anilines is 1. The van der Waals surface area contributed by atoms with Gasteiger partial charge in [-0.15, -0.1) is 0 Å². The number of hydrogen-bond acceptors (Lipinski definition) is 4. The standard InChI is InChI=1S/C9H9ClF2N2O2/c1-2-16-9(15)4-3-14-7(10)6(13)5(4)8(11)12/h3,8H,2,13H2,1H3. The molecule has 0 bridgehead atoms. The van der Waals surface area contributed by atoms with Gasteiger partial charge in [0, 0.05) is 6.20 Å². The van der Waals surface area contributed by atoms with Crippen molar-refractivity contribution >= 4 is 23.3 Å². The number of hydrogen-bond donors (Lipinski definition) is 1. The van der Waals surface area contributed by atoms with E-state index in [0.717, 1.165) is 6.20 Å². The van der Waals surface area contributed by atoms with Gasteiger partial charge in [0.2, 0.25) is 0 Å². The van der Waals surface area contributed by atoms with Crippen LogP contribution in [0, 0.1) is 0 Å². The molecule has 0 spiro atoms. The summed E-state index contributed by atoms with van der Waals surface area (Å²) in [6, 6.07) is 0. The zero-order valence-electron chi connectivity index (χ0n) is 8.34. The van der Waals surface area contributed by atoms with Gasteiger partial charge in [0.1, 0.15) is 0 Å². The summed E-state index contributed by atoms with van der Waals surface area (Å²) in [7, 11) is 0. The molecule has 0 aromatic carbocycles. The summed E-state index contributed by atoms with van der Waals surface area (Å²) in [4.78, 5) is 14.9. The minimum atomic E-state index is -2.92. The molecule has 4 nitrogen and oxygen atoms in total. The first-order valence-corrected chi connectivity index (χ1v) is 4.76. The molecular formula is C9H9ClF2N2O2. The molecule has 1 heterocycles. The third-order valence-electron chi connectivity index (χ3n) is 1.82. The third-order valence-corrected chi connectivity index (χ3v) is 2.12. The normalized spacial score (nSPS) is 10.6. The molecule has 0 aliphatic rings. The lowest BCUT2D eigenvalue weighted by Crippen LogP contribution is -2.11. The quantitative estimate of drug-likeness (QED) is 0.661. The fraction of sp³-hybridized carbons (Fsp3) is 0.333. The summed E-state index contributed by atoms with van der Waals surface area (Å²) >= 11 is 5.49. The lowest BCUT2D eigenvalue weighted by Gasteiger charge is -2.10. The van der Waals surface area contributed by atoms with Crippen molar-refractivity contribution in [2.75, 3.05) is 12.3 Å². The van der Waals surface area contributed by atoms with Crippen LogP contribution in [0.4, 0.5) is 14.5 Å². The molecule has 7 heteroatoms. The van der Waals surface area contributed by atoms with E-state index in [1.54, 1.807) is 6.92 Å². The van der Waals surface area contributed by atoms with Crippen molar-refractivity contribution in [3.8, 4) is 0 Å². The highest BCUT2D eigenvalue weighted by molar-refractivity contribution is 6.32. The number of carbonyl (C=O) groups is 1. The van der Waals surface area contributed by atoms with Crippen LogP contribution in [0.15, 0.2) is 6.20 Å². The predicted molar refractivity (Wildman–Crippen MR) is 54.6 cm³/mol. The largest absolute Gasteiger partial charge is 0.462 e. The van der Waals surface area contributed by atoms with E-state index < -0.39 is 23.6 Å². The average Bonchev–Trinajstić information content (AvgIpc) is 2.21. The fourth-order valence-corrected chi connectivity index (χ4v) is 1.27. The second-order valence-electron chi connectivity index (χ2n) is 2.81. The fourth-order valence-electron chi connectivity index (χ4n) is 1.12. The minimum absolute atomic E-state index is 0.0735. The molecular weight excluding hydrogens is 242 g/mol. The highest BCUT2D eigenvalue weighted by Gasteiger charge is 2.24. The number of alkyl halides is 2. The number of ether oxygens (including phenoxy) is 1.